The molecule has 2 aromatic rings. The second-order valence-corrected chi connectivity index (χ2v) is 6.27. The van der Waals surface area contributed by atoms with Crippen molar-refractivity contribution in [1.82, 2.24) is 4.57 Å². The van der Waals surface area contributed by atoms with Crippen LogP contribution in [0.2, 0.25) is 0 Å². The summed E-state index contributed by atoms with van der Waals surface area (Å²) >= 11 is 0. The van der Waals surface area contributed by atoms with E-state index in [2.05, 4.69) is 6.58 Å². The van der Waals surface area contributed by atoms with Gasteiger partial charge in [0.05, 0.1) is 0 Å². The van der Waals surface area contributed by atoms with E-state index in [4.69, 9.17) is 10.7 Å². The lowest BCUT2D eigenvalue weighted by Crippen LogP contribution is -1.99. The first kappa shape index (κ1) is 12.2. The Morgan fingerprint density at radius 3 is 2.65 bits per heavy atom. The zero-order valence-corrected chi connectivity index (χ0v) is 10.9. The zero-order valence-electron chi connectivity index (χ0n) is 9.35. The van der Waals surface area contributed by atoms with Crippen LogP contribution in [0.15, 0.2) is 41.8 Å². The van der Waals surface area contributed by atoms with Crippen LogP contribution in [-0.4, -0.2) is 13.0 Å². The number of halogens is 1. The maximum Gasteiger partial charge on any atom is 0.263 e. The average molecular weight is 270 g/mol. The standard InChI is InChI=1S/C12H12ClNO2S/c1-3-8-14-9(2)12(17(13,15)16)10-6-4-5-7-11(10)14/h3-7H,1,8H2,2H3. The molecule has 0 radical (unpaired) electrons. The number of allylic oxidation sites excluding steroid dienone is 1. The number of hydrogen-bond acceptors (Lipinski definition) is 2. The Morgan fingerprint density at radius 1 is 1.41 bits per heavy atom. The molecule has 3 nitrogen and oxygen atoms in total. The molecule has 0 atom stereocenters. The van der Waals surface area contributed by atoms with Gasteiger partial charge in [0.2, 0.25) is 0 Å². The van der Waals surface area contributed by atoms with Crippen molar-refractivity contribution >= 4 is 30.6 Å². The number of rotatable bonds is 3. The normalized spacial score (nSPS) is 11.9. The molecule has 0 N–H and O–H groups in total. The first-order valence-electron chi connectivity index (χ1n) is 5.10. The molecule has 0 unspecified atom stereocenters. The minimum atomic E-state index is -3.74. The summed E-state index contributed by atoms with van der Waals surface area (Å²) in [4.78, 5) is 0.191. The van der Waals surface area contributed by atoms with E-state index in [0.717, 1.165) is 5.52 Å². The number of benzene rings is 1. The topological polar surface area (TPSA) is 39.1 Å². The Kier molecular flexibility index (Phi) is 3.02. The molecule has 0 amide bonds. The van der Waals surface area contributed by atoms with E-state index in [-0.39, 0.29) is 4.90 Å². The van der Waals surface area contributed by atoms with Crippen molar-refractivity contribution in [2.75, 3.05) is 0 Å². The summed E-state index contributed by atoms with van der Waals surface area (Å²) in [6.07, 6.45) is 1.73. The van der Waals surface area contributed by atoms with E-state index in [9.17, 15) is 8.42 Å². The summed E-state index contributed by atoms with van der Waals surface area (Å²) in [6.45, 7) is 5.98. The van der Waals surface area contributed by atoms with Crippen molar-refractivity contribution in [2.45, 2.75) is 18.4 Å². The van der Waals surface area contributed by atoms with Gasteiger partial charge in [0.15, 0.2) is 0 Å². The van der Waals surface area contributed by atoms with Gasteiger partial charge >= 0.3 is 0 Å². The van der Waals surface area contributed by atoms with Crippen molar-refractivity contribution in [2.24, 2.45) is 0 Å². The number of hydrogen-bond donors (Lipinski definition) is 0. The van der Waals surface area contributed by atoms with Crippen LogP contribution in [0, 0.1) is 6.92 Å². The molecule has 0 aliphatic carbocycles. The lowest BCUT2D eigenvalue weighted by molar-refractivity contribution is 0.609. The third-order valence-corrected chi connectivity index (χ3v) is 4.19. The fraction of sp³-hybridized carbons (Fsp3) is 0.167. The first-order chi connectivity index (χ1) is 7.96. The quantitative estimate of drug-likeness (QED) is 0.635. The Morgan fingerprint density at radius 2 is 2.06 bits per heavy atom. The van der Waals surface area contributed by atoms with Crippen LogP contribution < -0.4 is 0 Å². The molecule has 0 fully saturated rings. The van der Waals surface area contributed by atoms with Crippen LogP contribution in [0.4, 0.5) is 0 Å². The van der Waals surface area contributed by atoms with E-state index in [0.29, 0.717) is 17.6 Å². The van der Waals surface area contributed by atoms with E-state index in [1.54, 1.807) is 25.1 Å². The highest BCUT2D eigenvalue weighted by molar-refractivity contribution is 8.14. The summed E-state index contributed by atoms with van der Waals surface area (Å²) in [5.41, 5.74) is 1.49. The van der Waals surface area contributed by atoms with Gasteiger partial charge in [-0.3, -0.25) is 0 Å². The molecular formula is C12H12ClNO2S. The van der Waals surface area contributed by atoms with Gasteiger partial charge in [-0.15, -0.1) is 6.58 Å². The lowest BCUT2D eigenvalue weighted by atomic mass is 10.2. The molecule has 0 spiro atoms. The van der Waals surface area contributed by atoms with E-state index >= 15 is 0 Å². The smallest absolute Gasteiger partial charge is 0.263 e. The van der Waals surface area contributed by atoms with Crippen LogP contribution in [0.5, 0.6) is 0 Å². The molecule has 90 valence electrons. The average Bonchev–Trinajstić information content (AvgIpc) is 2.52. The highest BCUT2D eigenvalue weighted by Crippen LogP contribution is 2.31. The second-order valence-electron chi connectivity index (χ2n) is 3.77. The van der Waals surface area contributed by atoms with Crippen molar-refractivity contribution in [3.63, 3.8) is 0 Å². The SMILES string of the molecule is C=CCn1c(C)c(S(=O)(=O)Cl)c2ccccc21. The van der Waals surface area contributed by atoms with Gasteiger partial charge in [-0.05, 0) is 13.0 Å². The van der Waals surface area contributed by atoms with Gasteiger partial charge in [-0.25, -0.2) is 8.42 Å². The van der Waals surface area contributed by atoms with Crippen molar-refractivity contribution in [3.05, 3.63) is 42.6 Å². The number of nitrogens with zero attached hydrogens (tertiary/aromatic N) is 1. The van der Waals surface area contributed by atoms with Gasteiger partial charge in [0, 0.05) is 33.8 Å². The molecule has 1 heterocycles. The van der Waals surface area contributed by atoms with Gasteiger partial charge in [-0.2, -0.15) is 0 Å². The van der Waals surface area contributed by atoms with Crippen LogP contribution in [-0.2, 0) is 15.6 Å². The fourth-order valence-electron chi connectivity index (χ4n) is 2.07. The predicted octanol–water partition coefficient (Wildman–Crippen LogP) is 3.06. The Hall–Kier alpha value is -1.26. The minimum Gasteiger partial charge on any atom is -0.340 e. The van der Waals surface area contributed by atoms with Crippen LogP contribution in [0.1, 0.15) is 5.69 Å². The van der Waals surface area contributed by atoms with E-state index < -0.39 is 9.05 Å². The van der Waals surface area contributed by atoms with Gasteiger partial charge in [-0.1, -0.05) is 24.3 Å². The molecule has 0 bridgehead atoms. The highest BCUT2D eigenvalue weighted by Gasteiger charge is 2.22. The van der Waals surface area contributed by atoms with E-state index in [1.165, 1.54) is 0 Å². The number of aromatic nitrogens is 1. The molecule has 5 heteroatoms. The lowest BCUT2D eigenvalue weighted by Gasteiger charge is -2.03. The van der Waals surface area contributed by atoms with Gasteiger partial charge in [0.1, 0.15) is 4.90 Å². The van der Waals surface area contributed by atoms with E-state index in [1.807, 2.05) is 16.7 Å². The maximum absolute atomic E-state index is 11.6. The van der Waals surface area contributed by atoms with Crippen molar-refractivity contribution in [3.8, 4) is 0 Å². The Bertz CT molecular complexity index is 686. The summed E-state index contributed by atoms with van der Waals surface area (Å²) in [5.74, 6) is 0. The summed E-state index contributed by atoms with van der Waals surface area (Å²) in [6, 6.07) is 7.30. The predicted molar refractivity (Wildman–Crippen MR) is 69.9 cm³/mol. The Balaban J connectivity index is 2.94. The fourth-order valence-corrected chi connectivity index (χ4v) is 3.55. The summed E-state index contributed by atoms with van der Waals surface area (Å²) < 4.78 is 25.1. The molecular weight excluding hydrogens is 258 g/mol. The molecule has 0 saturated heterocycles. The molecule has 2 rings (SSSR count). The minimum absolute atomic E-state index is 0.191. The summed E-state index contributed by atoms with van der Waals surface area (Å²) in [7, 11) is 1.75. The third kappa shape index (κ3) is 1.98. The van der Waals surface area contributed by atoms with Crippen LogP contribution in [0.25, 0.3) is 10.9 Å². The summed E-state index contributed by atoms with van der Waals surface area (Å²) in [5, 5.41) is 0.654. The van der Waals surface area contributed by atoms with Gasteiger partial charge < -0.3 is 4.57 Å². The van der Waals surface area contributed by atoms with Crippen LogP contribution in [0.3, 0.4) is 0 Å². The molecule has 1 aromatic heterocycles. The molecule has 17 heavy (non-hydrogen) atoms. The number of fused-ring (bicyclic) bond motifs is 1. The molecule has 0 aliphatic heterocycles. The Labute approximate surface area is 105 Å². The molecule has 0 saturated carbocycles. The second kappa shape index (κ2) is 4.20. The molecule has 0 aliphatic rings. The van der Waals surface area contributed by atoms with Crippen molar-refractivity contribution < 1.29 is 8.42 Å². The third-order valence-electron chi connectivity index (χ3n) is 2.73. The van der Waals surface area contributed by atoms with Crippen LogP contribution >= 0.6 is 10.7 Å². The monoisotopic (exact) mass is 269 g/mol. The maximum atomic E-state index is 11.6. The highest BCUT2D eigenvalue weighted by atomic mass is 35.7. The van der Waals surface area contributed by atoms with Gasteiger partial charge in [0.25, 0.3) is 9.05 Å². The zero-order chi connectivity index (χ0) is 12.6. The largest absolute Gasteiger partial charge is 0.340 e. The first-order valence-corrected chi connectivity index (χ1v) is 7.41. The molecule has 1 aromatic carbocycles. The van der Waals surface area contributed by atoms with Crippen molar-refractivity contribution in [1.29, 1.82) is 0 Å². The number of para-hydroxylation sites is 1.